The van der Waals surface area contributed by atoms with E-state index in [1.54, 1.807) is 0 Å². The Morgan fingerprint density at radius 3 is 2.22 bits per heavy atom. The SMILES string of the molecule is Cc1cc(C)cc(NCc2cccc(C)c2C)c1. The molecule has 94 valence electrons. The van der Waals surface area contributed by atoms with Gasteiger partial charge in [0.15, 0.2) is 0 Å². The summed E-state index contributed by atoms with van der Waals surface area (Å²) in [6, 6.07) is 13.1. The molecule has 0 aliphatic carbocycles. The van der Waals surface area contributed by atoms with E-state index in [0.717, 1.165) is 6.54 Å². The standard InChI is InChI=1S/C17H21N/c1-12-8-13(2)10-17(9-12)18-11-16-7-5-6-14(3)15(16)4/h5-10,18H,11H2,1-4H3. The van der Waals surface area contributed by atoms with Crippen LogP contribution in [0.15, 0.2) is 36.4 Å². The quantitative estimate of drug-likeness (QED) is 0.829. The third-order valence-electron chi connectivity index (χ3n) is 3.42. The van der Waals surface area contributed by atoms with Gasteiger partial charge < -0.3 is 5.32 Å². The van der Waals surface area contributed by atoms with Gasteiger partial charge in [0.05, 0.1) is 0 Å². The summed E-state index contributed by atoms with van der Waals surface area (Å²) in [5, 5.41) is 3.51. The monoisotopic (exact) mass is 239 g/mol. The van der Waals surface area contributed by atoms with Crippen LogP contribution in [0.3, 0.4) is 0 Å². The largest absolute Gasteiger partial charge is 0.381 e. The molecule has 0 saturated heterocycles. The molecule has 0 atom stereocenters. The van der Waals surface area contributed by atoms with E-state index in [1.807, 2.05) is 0 Å². The van der Waals surface area contributed by atoms with E-state index in [0.29, 0.717) is 0 Å². The van der Waals surface area contributed by atoms with E-state index in [4.69, 9.17) is 0 Å². The van der Waals surface area contributed by atoms with E-state index in [1.165, 1.54) is 33.5 Å². The van der Waals surface area contributed by atoms with E-state index in [-0.39, 0.29) is 0 Å². The highest BCUT2D eigenvalue weighted by atomic mass is 14.9. The number of aryl methyl sites for hydroxylation is 3. The topological polar surface area (TPSA) is 12.0 Å². The van der Waals surface area contributed by atoms with Gasteiger partial charge in [0, 0.05) is 12.2 Å². The van der Waals surface area contributed by atoms with Crippen molar-refractivity contribution < 1.29 is 0 Å². The van der Waals surface area contributed by atoms with Crippen LogP contribution in [0.1, 0.15) is 27.8 Å². The maximum absolute atomic E-state index is 3.51. The van der Waals surface area contributed by atoms with Gasteiger partial charge in [-0.25, -0.2) is 0 Å². The highest BCUT2D eigenvalue weighted by Gasteiger charge is 2.01. The molecule has 0 unspecified atom stereocenters. The number of benzene rings is 2. The normalized spacial score (nSPS) is 10.4. The van der Waals surface area contributed by atoms with Gasteiger partial charge in [-0.2, -0.15) is 0 Å². The molecule has 0 aliphatic rings. The average molecular weight is 239 g/mol. The van der Waals surface area contributed by atoms with Gasteiger partial charge >= 0.3 is 0 Å². The molecule has 0 aromatic heterocycles. The van der Waals surface area contributed by atoms with Gasteiger partial charge in [-0.15, -0.1) is 0 Å². The Balaban J connectivity index is 2.14. The Kier molecular flexibility index (Phi) is 3.71. The minimum absolute atomic E-state index is 0.885. The first kappa shape index (κ1) is 12.7. The van der Waals surface area contributed by atoms with Gasteiger partial charge in [-0.05, 0) is 67.6 Å². The number of anilines is 1. The minimum Gasteiger partial charge on any atom is -0.381 e. The molecule has 1 heteroatoms. The smallest absolute Gasteiger partial charge is 0.0403 e. The fourth-order valence-electron chi connectivity index (χ4n) is 2.28. The van der Waals surface area contributed by atoms with E-state index in [9.17, 15) is 0 Å². The molecule has 1 nitrogen and oxygen atoms in total. The summed E-state index contributed by atoms with van der Waals surface area (Å²) in [4.78, 5) is 0. The van der Waals surface area contributed by atoms with Crippen molar-refractivity contribution in [3.05, 3.63) is 64.2 Å². The lowest BCUT2D eigenvalue weighted by Crippen LogP contribution is -2.02. The Morgan fingerprint density at radius 1 is 0.889 bits per heavy atom. The molecule has 0 heterocycles. The van der Waals surface area contributed by atoms with Crippen LogP contribution in [-0.2, 0) is 6.54 Å². The van der Waals surface area contributed by atoms with E-state index < -0.39 is 0 Å². The van der Waals surface area contributed by atoms with Crippen molar-refractivity contribution in [1.82, 2.24) is 0 Å². The lowest BCUT2D eigenvalue weighted by atomic mass is 10.0. The second-order valence-corrected chi connectivity index (χ2v) is 5.09. The lowest BCUT2D eigenvalue weighted by molar-refractivity contribution is 1.10. The van der Waals surface area contributed by atoms with Crippen LogP contribution in [0.4, 0.5) is 5.69 Å². The summed E-state index contributed by atoms with van der Waals surface area (Å²) in [6.07, 6.45) is 0. The van der Waals surface area contributed by atoms with Gasteiger partial charge in [-0.3, -0.25) is 0 Å². The molecule has 0 fully saturated rings. The van der Waals surface area contributed by atoms with E-state index >= 15 is 0 Å². The van der Waals surface area contributed by atoms with Crippen molar-refractivity contribution in [2.75, 3.05) is 5.32 Å². The first-order valence-corrected chi connectivity index (χ1v) is 6.43. The first-order chi connectivity index (χ1) is 8.56. The molecule has 2 aromatic carbocycles. The van der Waals surface area contributed by atoms with Crippen LogP contribution < -0.4 is 5.32 Å². The summed E-state index contributed by atoms with van der Waals surface area (Å²) in [5.74, 6) is 0. The molecule has 2 aromatic rings. The maximum atomic E-state index is 3.51. The van der Waals surface area contributed by atoms with Crippen LogP contribution in [0, 0.1) is 27.7 Å². The lowest BCUT2D eigenvalue weighted by Gasteiger charge is -2.12. The van der Waals surface area contributed by atoms with E-state index in [2.05, 4.69) is 69.4 Å². The maximum Gasteiger partial charge on any atom is 0.0403 e. The second-order valence-electron chi connectivity index (χ2n) is 5.09. The molecular formula is C17H21N. The third-order valence-corrected chi connectivity index (χ3v) is 3.42. The zero-order valence-corrected chi connectivity index (χ0v) is 11.7. The number of hydrogen-bond acceptors (Lipinski definition) is 1. The highest BCUT2D eigenvalue weighted by Crippen LogP contribution is 2.17. The molecule has 0 spiro atoms. The summed E-state index contributed by atoms with van der Waals surface area (Å²) in [6.45, 7) is 9.51. The Bertz CT molecular complexity index is 535. The molecule has 0 saturated carbocycles. The van der Waals surface area contributed by atoms with Crippen LogP contribution in [-0.4, -0.2) is 0 Å². The van der Waals surface area contributed by atoms with Crippen molar-refractivity contribution in [3.8, 4) is 0 Å². The highest BCUT2D eigenvalue weighted by molar-refractivity contribution is 5.49. The number of rotatable bonds is 3. The van der Waals surface area contributed by atoms with Crippen molar-refractivity contribution in [1.29, 1.82) is 0 Å². The molecule has 18 heavy (non-hydrogen) atoms. The van der Waals surface area contributed by atoms with Crippen molar-refractivity contribution in [2.45, 2.75) is 34.2 Å². The molecule has 0 radical (unpaired) electrons. The van der Waals surface area contributed by atoms with Gasteiger partial charge in [0.1, 0.15) is 0 Å². The number of hydrogen-bond donors (Lipinski definition) is 1. The Labute approximate surface area is 110 Å². The van der Waals surface area contributed by atoms with Gasteiger partial charge in [-0.1, -0.05) is 24.3 Å². The fraction of sp³-hybridized carbons (Fsp3) is 0.294. The molecule has 0 amide bonds. The van der Waals surface area contributed by atoms with Crippen molar-refractivity contribution in [2.24, 2.45) is 0 Å². The minimum atomic E-state index is 0.885. The third kappa shape index (κ3) is 2.92. The molecule has 0 aliphatic heterocycles. The van der Waals surface area contributed by atoms with Crippen LogP contribution in [0.2, 0.25) is 0 Å². The summed E-state index contributed by atoms with van der Waals surface area (Å²) in [5.41, 5.74) is 7.92. The summed E-state index contributed by atoms with van der Waals surface area (Å²) in [7, 11) is 0. The predicted molar refractivity (Wildman–Crippen MR) is 79.2 cm³/mol. The second kappa shape index (κ2) is 5.26. The summed E-state index contributed by atoms with van der Waals surface area (Å²) < 4.78 is 0. The first-order valence-electron chi connectivity index (χ1n) is 6.43. The summed E-state index contributed by atoms with van der Waals surface area (Å²) >= 11 is 0. The fourth-order valence-corrected chi connectivity index (χ4v) is 2.28. The molecule has 2 rings (SSSR count). The van der Waals surface area contributed by atoms with Gasteiger partial charge in [0.25, 0.3) is 0 Å². The molecular weight excluding hydrogens is 218 g/mol. The average Bonchev–Trinajstić information content (AvgIpc) is 2.30. The van der Waals surface area contributed by atoms with Crippen LogP contribution in [0.5, 0.6) is 0 Å². The van der Waals surface area contributed by atoms with Crippen LogP contribution in [0.25, 0.3) is 0 Å². The zero-order valence-electron chi connectivity index (χ0n) is 11.7. The number of nitrogens with one attached hydrogen (secondary N) is 1. The zero-order chi connectivity index (χ0) is 13.1. The Hall–Kier alpha value is -1.76. The van der Waals surface area contributed by atoms with Crippen molar-refractivity contribution in [3.63, 3.8) is 0 Å². The molecule has 1 N–H and O–H groups in total. The Morgan fingerprint density at radius 2 is 1.56 bits per heavy atom. The van der Waals surface area contributed by atoms with Crippen LogP contribution >= 0.6 is 0 Å². The van der Waals surface area contributed by atoms with Gasteiger partial charge in [0.2, 0.25) is 0 Å². The van der Waals surface area contributed by atoms with Crippen molar-refractivity contribution >= 4 is 5.69 Å². The molecule has 0 bridgehead atoms. The predicted octanol–water partition coefficient (Wildman–Crippen LogP) is 4.53.